The summed E-state index contributed by atoms with van der Waals surface area (Å²) in [6.07, 6.45) is 0.175. The first-order valence-corrected chi connectivity index (χ1v) is 5.38. The van der Waals surface area contributed by atoms with Gasteiger partial charge in [0.2, 0.25) is 5.91 Å². The minimum Gasteiger partial charge on any atom is -0.480 e. The van der Waals surface area contributed by atoms with Crippen molar-refractivity contribution in [2.75, 3.05) is 12.4 Å². The van der Waals surface area contributed by atoms with Gasteiger partial charge in [0, 0.05) is 18.8 Å². The third kappa shape index (κ3) is 3.70. The molecule has 0 spiro atoms. The maximum Gasteiger partial charge on any atom is 0.329 e. The standard InChI is InChI=1S/C10H15ClN2O3/c1-10(2,9(15)16)13(7-3-6-12)8(14)4-5-11/h3-5,7H2,1-2H3,(H,15,16). The Morgan fingerprint density at radius 3 is 2.44 bits per heavy atom. The molecular formula is C10H15ClN2O3. The summed E-state index contributed by atoms with van der Waals surface area (Å²) >= 11 is 5.44. The van der Waals surface area contributed by atoms with E-state index in [0.717, 1.165) is 0 Å². The van der Waals surface area contributed by atoms with Crippen LogP contribution in [0.1, 0.15) is 26.7 Å². The Morgan fingerprint density at radius 2 is 2.06 bits per heavy atom. The first-order chi connectivity index (χ1) is 7.37. The van der Waals surface area contributed by atoms with Crippen LogP contribution in [0.4, 0.5) is 0 Å². The van der Waals surface area contributed by atoms with Gasteiger partial charge in [0.15, 0.2) is 0 Å². The van der Waals surface area contributed by atoms with Crippen molar-refractivity contribution in [3.63, 3.8) is 0 Å². The first-order valence-electron chi connectivity index (χ1n) is 4.84. The Labute approximate surface area is 99.6 Å². The summed E-state index contributed by atoms with van der Waals surface area (Å²) in [4.78, 5) is 23.9. The van der Waals surface area contributed by atoms with E-state index in [2.05, 4.69) is 0 Å². The highest BCUT2D eigenvalue weighted by atomic mass is 35.5. The van der Waals surface area contributed by atoms with Crippen LogP contribution >= 0.6 is 11.6 Å². The molecule has 0 rings (SSSR count). The van der Waals surface area contributed by atoms with Crippen molar-refractivity contribution in [2.24, 2.45) is 0 Å². The molecule has 0 aliphatic heterocycles. The summed E-state index contributed by atoms with van der Waals surface area (Å²) in [5.74, 6) is -1.32. The monoisotopic (exact) mass is 246 g/mol. The SMILES string of the molecule is CC(C)(C(=O)O)N(CCC#N)C(=O)CCCl. The van der Waals surface area contributed by atoms with Gasteiger partial charge in [-0.1, -0.05) is 0 Å². The predicted molar refractivity (Wildman–Crippen MR) is 59.0 cm³/mol. The van der Waals surface area contributed by atoms with Crippen LogP contribution in [0.15, 0.2) is 0 Å². The number of amides is 1. The Bertz CT molecular complexity index is 310. The lowest BCUT2D eigenvalue weighted by molar-refractivity contribution is -0.156. The van der Waals surface area contributed by atoms with Crippen molar-refractivity contribution >= 4 is 23.5 Å². The molecule has 0 unspecified atom stereocenters. The van der Waals surface area contributed by atoms with E-state index in [1.54, 1.807) is 0 Å². The van der Waals surface area contributed by atoms with Gasteiger partial charge < -0.3 is 10.0 Å². The van der Waals surface area contributed by atoms with Gasteiger partial charge in [0.1, 0.15) is 5.54 Å². The van der Waals surface area contributed by atoms with Gasteiger partial charge in [-0.2, -0.15) is 5.26 Å². The minimum atomic E-state index is -1.32. The van der Waals surface area contributed by atoms with Crippen LogP contribution in [0.3, 0.4) is 0 Å². The third-order valence-electron chi connectivity index (χ3n) is 2.25. The molecule has 0 aliphatic rings. The summed E-state index contributed by atoms with van der Waals surface area (Å²) in [6, 6.07) is 1.89. The second kappa shape index (κ2) is 6.33. The molecule has 5 nitrogen and oxygen atoms in total. The van der Waals surface area contributed by atoms with Crippen LogP contribution in [0, 0.1) is 11.3 Å². The topological polar surface area (TPSA) is 81.4 Å². The quantitative estimate of drug-likeness (QED) is 0.715. The number of aliphatic carboxylic acids is 1. The van der Waals surface area contributed by atoms with E-state index >= 15 is 0 Å². The van der Waals surface area contributed by atoms with Crippen LogP contribution in [-0.2, 0) is 9.59 Å². The summed E-state index contributed by atoms with van der Waals surface area (Å²) in [7, 11) is 0. The number of hydrogen-bond donors (Lipinski definition) is 1. The summed E-state index contributed by atoms with van der Waals surface area (Å²) in [5, 5.41) is 17.5. The molecule has 0 aromatic carbocycles. The van der Waals surface area contributed by atoms with Crippen molar-refractivity contribution in [3.8, 4) is 6.07 Å². The van der Waals surface area contributed by atoms with E-state index in [9.17, 15) is 9.59 Å². The van der Waals surface area contributed by atoms with Gasteiger partial charge in [-0.3, -0.25) is 4.79 Å². The molecule has 0 saturated carbocycles. The second-order valence-corrected chi connectivity index (χ2v) is 4.13. The number of nitriles is 1. The maximum atomic E-state index is 11.7. The van der Waals surface area contributed by atoms with E-state index in [1.165, 1.54) is 18.7 Å². The third-order valence-corrected chi connectivity index (χ3v) is 2.44. The summed E-state index contributed by atoms with van der Waals surface area (Å²) < 4.78 is 0. The molecule has 1 N–H and O–H groups in total. The number of carboxylic acid groups (broad SMARTS) is 1. The van der Waals surface area contributed by atoms with Gasteiger partial charge in [0.05, 0.1) is 12.5 Å². The number of alkyl halides is 1. The Balaban J connectivity index is 4.86. The van der Waals surface area contributed by atoms with E-state index in [1.807, 2.05) is 6.07 Å². The molecule has 0 radical (unpaired) electrons. The zero-order valence-corrected chi connectivity index (χ0v) is 10.1. The number of hydrogen-bond acceptors (Lipinski definition) is 3. The van der Waals surface area contributed by atoms with Gasteiger partial charge in [-0.15, -0.1) is 11.6 Å². The van der Waals surface area contributed by atoms with Crippen LogP contribution in [0.5, 0.6) is 0 Å². The molecule has 0 aromatic rings. The van der Waals surface area contributed by atoms with E-state index in [0.29, 0.717) is 0 Å². The average Bonchev–Trinajstić information content (AvgIpc) is 2.18. The van der Waals surface area contributed by atoms with Crippen molar-refractivity contribution in [1.82, 2.24) is 4.90 Å². The Kier molecular flexibility index (Phi) is 5.83. The molecule has 0 fully saturated rings. The lowest BCUT2D eigenvalue weighted by Gasteiger charge is -2.34. The first kappa shape index (κ1) is 14.7. The van der Waals surface area contributed by atoms with Gasteiger partial charge in [-0.25, -0.2) is 4.79 Å². The number of carbonyl (C=O) groups is 2. The normalized spacial score (nSPS) is 10.6. The highest BCUT2D eigenvalue weighted by Crippen LogP contribution is 2.16. The fraction of sp³-hybridized carbons (Fsp3) is 0.700. The fourth-order valence-electron chi connectivity index (χ4n) is 1.21. The van der Waals surface area contributed by atoms with Crippen molar-refractivity contribution in [1.29, 1.82) is 5.26 Å². The average molecular weight is 247 g/mol. The molecule has 0 aliphatic carbocycles. The zero-order chi connectivity index (χ0) is 12.8. The molecule has 90 valence electrons. The Hall–Kier alpha value is -1.28. The second-order valence-electron chi connectivity index (χ2n) is 3.76. The Morgan fingerprint density at radius 1 is 1.50 bits per heavy atom. The van der Waals surface area contributed by atoms with Gasteiger partial charge >= 0.3 is 5.97 Å². The molecule has 0 saturated heterocycles. The summed E-state index contributed by atoms with van der Waals surface area (Å²) in [6.45, 7) is 2.96. The van der Waals surface area contributed by atoms with E-state index < -0.39 is 11.5 Å². The van der Waals surface area contributed by atoms with Crippen molar-refractivity contribution in [3.05, 3.63) is 0 Å². The molecule has 0 atom stereocenters. The number of carboxylic acids is 1. The summed E-state index contributed by atoms with van der Waals surface area (Å²) in [5.41, 5.74) is -1.32. The highest BCUT2D eigenvalue weighted by Gasteiger charge is 2.36. The smallest absolute Gasteiger partial charge is 0.329 e. The van der Waals surface area contributed by atoms with E-state index in [-0.39, 0.29) is 31.2 Å². The van der Waals surface area contributed by atoms with Gasteiger partial charge in [-0.05, 0) is 13.8 Å². The molecular weight excluding hydrogens is 232 g/mol. The molecule has 0 heterocycles. The molecule has 6 heteroatoms. The van der Waals surface area contributed by atoms with Gasteiger partial charge in [0.25, 0.3) is 0 Å². The van der Waals surface area contributed by atoms with Crippen LogP contribution in [-0.4, -0.2) is 39.8 Å². The van der Waals surface area contributed by atoms with Crippen LogP contribution in [0.2, 0.25) is 0 Å². The number of rotatable bonds is 6. The zero-order valence-electron chi connectivity index (χ0n) is 9.36. The fourth-order valence-corrected chi connectivity index (χ4v) is 1.37. The van der Waals surface area contributed by atoms with Crippen molar-refractivity contribution in [2.45, 2.75) is 32.2 Å². The molecule has 0 bridgehead atoms. The number of carbonyl (C=O) groups excluding carboxylic acids is 1. The predicted octanol–water partition coefficient (Wildman–Crippen LogP) is 1.22. The minimum absolute atomic E-state index is 0.0731. The van der Waals surface area contributed by atoms with Crippen LogP contribution in [0.25, 0.3) is 0 Å². The number of halogens is 1. The lowest BCUT2D eigenvalue weighted by atomic mass is 10.0. The maximum absolute atomic E-state index is 11.7. The van der Waals surface area contributed by atoms with E-state index in [4.69, 9.17) is 22.0 Å². The number of nitrogens with zero attached hydrogens (tertiary/aromatic N) is 2. The van der Waals surface area contributed by atoms with Crippen LogP contribution < -0.4 is 0 Å². The van der Waals surface area contributed by atoms with Crippen molar-refractivity contribution < 1.29 is 14.7 Å². The largest absolute Gasteiger partial charge is 0.480 e. The molecule has 1 amide bonds. The molecule has 16 heavy (non-hydrogen) atoms. The lowest BCUT2D eigenvalue weighted by Crippen LogP contribution is -2.53. The molecule has 0 aromatic heterocycles. The highest BCUT2D eigenvalue weighted by molar-refractivity contribution is 6.19.